The normalized spacial score (nSPS) is 11.5. The van der Waals surface area contributed by atoms with Crippen molar-refractivity contribution in [3.8, 4) is 11.5 Å². The van der Waals surface area contributed by atoms with Crippen LogP contribution in [0.25, 0.3) is 0 Å². The number of ether oxygens (including phenoxy) is 3. The summed E-state index contributed by atoms with van der Waals surface area (Å²) < 4.78 is 15.6. The Hall–Kier alpha value is -2.49. The van der Waals surface area contributed by atoms with Crippen LogP contribution in [-0.4, -0.2) is 26.8 Å². The lowest BCUT2D eigenvalue weighted by Gasteiger charge is -2.16. The number of hydrogen-bond donors (Lipinski definition) is 0. The van der Waals surface area contributed by atoms with Crippen LogP contribution in [0.15, 0.2) is 54.6 Å². The predicted molar refractivity (Wildman–Crippen MR) is 79.7 cm³/mol. The quantitative estimate of drug-likeness (QED) is 0.766. The predicted octanol–water partition coefficient (Wildman–Crippen LogP) is 3.03. The van der Waals surface area contributed by atoms with Crippen molar-refractivity contribution in [3.63, 3.8) is 0 Å². The second kappa shape index (κ2) is 7.33. The zero-order valence-electron chi connectivity index (χ0n) is 12.1. The van der Waals surface area contributed by atoms with Crippen molar-refractivity contribution in [1.82, 2.24) is 0 Å². The van der Waals surface area contributed by atoms with E-state index in [1.165, 1.54) is 7.11 Å². The number of carbonyl (C=O) groups is 1. The van der Waals surface area contributed by atoms with Gasteiger partial charge in [0.1, 0.15) is 24.0 Å². The largest absolute Gasteiger partial charge is 0.497 e. The van der Waals surface area contributed by atoms with Gasteiger partial charge in [-0.2, -0.15) is 0 Å². The van der Waals surface area contributed by atoms with Crippen molar-refractivity contribution >= 4 is 5.97 Å². The van der Waals surface area contributed by atoms with Gasteiger partial charge in [-0.05, 0) is 29.8 Å². The van der Waals surface area contributed by atoms with Gasteiger partial charge in [-0.25, -0.2) is 0 Å². The average Bonchev–Trinajstić information content (AvgIpc) is 2.56. The van der Waals surface area contributed by atoms with Gasteiger partial charge < -0.3 is 14.2 Å². The highest BCUT2D eigenvalue weighted by atomic mass is 16.5. The minimum atomic E-state index is -0.446. The second-order valence-corrected chi connectivity index (χ2v) is 4.47. The van der Waals surface area contributed by atoms with E-state index in [0.29, 0.717) is 5.75 Å². The van der Waals surface area contributed by atoms with Crippen molar-refractivity contribution < 1.29 is 19.0 Å². The van der Waals surface area contributed by atoms with E-state index in [0.717, 1.165) is 11.3 Å². The van der Waals surface area contributed by atoms with Gasteiger partial charge in [0.25, 0.3) is 0 Å². The van der Waals surface area contributed by atoms with Crippen LogP contribution < -0.4 is 9.47 Å². The molecule has 2 aromatic carbocycles. The summed E-state index contributed by atoms with van der Waals surface area (Å²) in [5, 5.41) is 0. The molecule has 0 N–H and O–H groups in total. The molecule has 0 aromatic heterocycles. The van der Waals surface area contributed by atoms with E-state index < -0.39 is 5.92 Å². The van der Waals surface area contributed by atoms with Crippen LogP contribution in [0.4, 0.5) is 0 Å². The minimum Gasteiger partial charge on any atom is -0.497 e. The van der Waals surface area contributed by atoms with Gasteiger partial charge in [0, 0.05) is 0 Å². The Balaban J connectivity index is 2.07. The van der Waals surface area contributed by atoms with E-state index in [1.807, 2.05) is 42.5 Å². The van der Waals surface area contributed by atoms with E-state index in [1.54, 1.807) is 19.2 Å². The highest BCUT2D eigenvalue weighted by molar-refractivity contribution is 5.78. The standard InChI is InChI=1S/C17H18O4/c1-19-14-8-10-15(11-9-14)21-12-16(17(18)20-2)13-6-4-3-5-7-13/h3-11,16H,12H2,1-2H3. The van der Waals surface area contributed by atoms with Crippen LogP contribution in [0.3, 0.4) is 0 Å². The molecule has 21 heavy (non-hydrogen) atoms. The Kier molecular flexibility index (Phi) is 5.21. The van der Waals surface area contributed by atoms with E-state index in [9.17, 15) is 4.79 Å². The number of methoxy groups -OCH3 is 2. The molecule has 4 heteroatoms. The molecule has 0 saturated carbocycles. The topological polar surface area (TPSA) is 44.8 Å². The van der Waals surface area contributed by atoms with Crippen LogP contribution >= 0.6 is 0 Å². The lowest BCUT2D eigenvalue weighted by atomic mass is 10.0. The molecule has 4 nitrogen and oxygen atoms in total. The van der Waals surface area contributed by atoms with Gasteiger partial charge in [-0.3, -0.25) is 4.79 Å². The van der Waals surface area contributed by atoms with Crippen molar-refractivity contribution in [2.45, 2.75) is 5.92 Å². The summed E-state index contributed by atoms with van der Waals surface area (Å²) in [4.78, 5) is 11.9. The fraction of sp³-hybridized carbons (Fsp3) is 0.235. The van der Waals surface area contributed by atoms with Gasteiger partial charge in [-0.15, -0.1) is 0 Å². The van der Waals surface area contributed by atoms with Crippen LogP contribution in [0, 0.1) is 0 Å². The number of hydrogen-bond acceptors (Lipinski definition) is 4. The fourth-order valence-corrected chi connectivity index (χ4v) is 1.98. The van der Waals surface area contributed by atoms with Crippen LogP contribution in [0.5, 0.6) is 11.5 Å². The number of rotatable bonds is 6. The molecular formula is C17H18O4. The van der Waals surface area contributed by atoms with Crippen molar-refractivity contribution in [1.29, 1.82) is 0 Å². The molecule has 0 saturated heterocycles. The van der Waals surface area contributed by atoms with Gasteiger partial charge in [0.15, 0.2) is 0 Å². The Morgan fingerprint density at radius 1 is 0.952 bits per heavy atom. The van der Waals surface area contributed by atoms with Crippen molar-refractivity contribution in [2.75, 3.05) is 20.8 Å². The summed E-state index contributed by atoms with van der Waals surface area (Å²) in [6, 6.07) is 16.7. The molecule has 0 amide bonds. The maximum Gasteiger partial charge on any atom is 0.316 e. The molecule has 0 spiro atoms. The van der Waals surface area contributed by atoms with Crippen LogP contribution in [-0.2, 0) is 9.53 Å². The molecule has 2 aromatic rings. The monoisotopic (exact) mass is 286 g/mol. The average molecular weight is 286 g/mol. The number of carbonyl (C=O) groups excluding carboxylic acids is 1. The number of benzene rings is 2. The third-order valence-electron chi connectivity index (χ3n) is 3.16. The molecule has 0 aliphatic rings. The summed E-state index contributed by atoms with van der Waals surface area (Å²) in [6.07, 6.45) is 0. The number of esters is 1. The van der Waals surface area contributed by atoms with Crippen LogP contribution in [0.1, 0.15) is 11.5 Å². The first-order valence-corrected chi connectivity index (χ1v) is 6.64. The van der Waals surface area contributed by atoms with Gasteiger partial charge in [0.2, 0.25) is 0 Å². The zero-order chi connectivity index (χ0) is 15.1. The van der Waals surface area contributed by atoms with Crippen molar-refractivity contribution in [2.24, 2.45) is 0 Å². The molecule has 1 atom stereocenters. The fourth-order valence-electron chi connectivity index (χ4n) is 1.98. The third kappa shape index (κ3) is 3.99. The van der Waals surface area contributed by atoms with E-state index in [-0.39, 0.29) is 12.6 Å². The first kappa shape index (κ1) is 14.9. The van der Waals surface area contributed by atoms with Gasteiger partial charge in [-0.1, -0.05) is 30.3 Å². The van der Waals surface area contributed by atoms with Gasteiger partial charge >= 0.3 is 5.97 Å². The minimum absolute atomic E-state index is 0.225. The van der Waals surface area contributed by atoms with E-state index >= 15 is 0 Å². The first-order chi connectivity index (χ1) is 10.2. The molecule has 0 radical (unpaired) electrons. The summed E-state index contributed by atoms with van der Waals surface area (Å²) >= 11 is 0. The first-order valence-electron chi connectivity index (χ1n) is 6.64. The van der Waals surface area contributed by atoms with Crippen molar-refractivity contribution in [3.05, 3.63) is 60.2 Å². The molecule has 0 bridgehead atoms. The summed E-state index contributed by atoms with van der Waals surface area (Å²) in [6.45, 7) is 0.225. The zero-order valence-corrected chi connectivity index (χ0v) is 12.1. The molecule has 110 valence electrons. The Morgan fingerprint density at radius 3 is 2.14 bits per heavy atom. The Labute approximate surface area is 124 Å². The summed E-state index contributed by atoms with van der Waals surface area (Å²) in [7, 11) is 2.99. The van der Waals surface area contributed by atoms with E-state index in [4.69, 9.17) is 14.2 Å². The maximum absolute atomic E-state index is 11.9. The van der Waals surface area contributed by atoms with Crippen LogP contribution in [0.2, 0.25) is 0 Å². The van der Waals surface area contributed by atoms with E-state index in [2.05, 4.69) is 0 Å². The smallest absolute Gasteiger partial charge is 0.316 e. The highest BCUT2D eigenvalue weighted by Crippen LogP contribution is 2.21. The lowest BCUT2D eigenvalue weighted by molar-refractivity contribution is -0.143. The maximum atomic E-state index is 11.9. The molecule has 0 aliphatic heterocycles. The second-order valence-electron chi connectivity index (χ2n) is 4.47. The SMILES string of the molecule is COC(=O)C(COc1ccc(OC)cc1)c1ccccc1. The molecule has 2 rings (SSSR count). The highest BCUT2D eigenvalue weighted by Gasteiger charge is 2.22. The molecule has 0 heterocycles. The van der Waals surface area contributed by atoms with Gasteiger partial charge in [0.05, 0.1) is 14.2 Å². The molecule has 0 fully saturated rings. The molecule has 1 unspecified atom stereocenters. The lowest BCUT2D eigenvalue weighted by Crippen LogP contribution is -2.21. The Morgan fingerprint density at radius 2 is 1.57 bits per heavy atom. The summed E-state index contributed by atoms with van der Waals surface area (Å²) in [5.41, 5.74) is 0.873. The molecule has 0 aliphatic carbocycles. The Bertz CT molecular complexity index is 563. The molecular weight excluding hydrogens is 268 g/mol. The summed E-state index contributed by atoms with van der Waals surface area (Å²) in [5.74, 6) is 0.684. The third-order valence-corrected chi connectivity index (χ3v) is 3.16.